The van der Waals surface area contributed by atoms with Crippen LogP contribution in [0.4, 0.5) is 5.13 Å². The Bertz CT molecular complexity index is 448. The number of anilines is 1. The zero-order chi connectivity index (χ0) is 13.7. The standard InChI is InChI=1S/C13H18N2O2S/c1-5-6-15(7-10(4)12(16)17)13-14-11(8-18-13)9(2)3/h1,8-10H,6-7H2,2-4H3,(H,16,17). The van der Waals surface area contributed by atoms with E-state index in [2.05, 4.69) is 24.8 Å². The van der Waals surface area contributed by atoms with Gasteiger partial charge in [0.25, 0.3) is 0 Å². The normalized spacial score (nSPS) is 12.2. The molecule has 1 rings (SSSR count). The third kappa shape index (κ3) is 3.74. The smallest absolute Gasteiger partial charge is 0.308 e. The van der Waals surface area contributed by atoms with Gasteiger partial charge in [0.05, 0.1) is 18.2 Å². The topological polar surface area (TPSA) is 53.4 Å². The Hall–Kier alpha value is -1.54. The summed E-state index contributed by atoms with van der Waals surface area (Å²) in [5, 5.41) is 11.7. The number of rotatable bonds is 6. The van der Waals surface area contributed by atoms with E-state index in [-0.39, 0.29) is 0 Å². The van der Waals surface area contributed by atoms with Crippen molar-refractivity contribution in [2.45, 2.75) is 26.7 Å². The second kappa shape index (κ2) is 6.41. The molecule has 5 heteroatoms. The van der Waals surface area contributed by atoms with Crippen molar-refractivity contribution in [1.29, 1.82) is 0 Å². The maximum absolute atomic E-state index is 10.9. The summed E-state index contributed by atoms with van der Waals surface area (Å²) in [6, 6.07) is 0. The van der Waals surface area contributed by atoms with Crippen molar-refractivity contribution in [1.82, 2.24) is 4.98 Å². The van der Waals surface area contributed by atoms with Gasteiger partial charge in [0.2, 0.25) is 0 Å². The van der Waals surface area contributed by atoms with Crippen molar-refractivity contribution in [3.63, 3.8) is 0 Å². The molecule has 1 aromatic rings. The van der Waals surface area contributed by atoms with Crippen molar-refractivity contribution in [2.24, 2.45) is 5.92 Å². The molecule has 1 aromatic heterocycles. The van der Waals surface area contributed by atoms with Crippen molar-refractivity contribution < 1.29 is 9.90 Å². The van der Waals surface area contributed by atoms with Gasteiger partial charge in [-0.25, -0.2) is 4.98 Å². The number of nitrogens with zero attached hydrogens (tertiary/aromatic N) is 2. The first-order valence-electron chi connectivity index (χ1n) is 5.82. The SMILES string of the molecule is C#CCN(CC(C)C(=O)O)c1nc(C(C)C)cs1. The highest BCUT2D eigenvalue weighted by Crippen LogP contribution is 2.25. The third-order valence-corrected chi connectivity index (χ3v) is 3.49. The number of carboxylic acid groups (broad SMARTS) is 1. The fraction of sp³-hybridized carbons (Fsp3) is 0.538. The molecule has 1 unspecified atom stereocenters. The predicted molar refractivity (Wildman–Crippen MR) is 74.0 cm³/mol. The largest absolute Gasteiger partial charge is 0.481 e. The summed E-state index contributed by atoms with van der Waals surface area (Å²) >= 11 is 1.51. The molecule has 98 valence electrons. The van der Waals surface area contributed by atoms with Crippen LogP contribution in [-0.4, -0.2) is 29.1 Å². The average Bonchev–Trinajstić information content (AvgIpc) is 2.77. The number of aromatic nitrogens is 1. The molecule has 4 nitrogen and oxygen atoms in total. The monoisotopic (exact) mass is 266 g/mol. The van der Waals surface area contributed by atoms with Crippen LogP contribution in [0.25, 0.3) is 0 Å². The van der Waals surface area contributed by atoms with E-state index < -0.39 is 11.9 Å². The van der Waals surface area contributed by atoms with Crippen LogP contribution in [0.2, 0.25) is 0 Å². The number of carbonyl (C=O) groups is 1. The molecule has 0 bridgehead atoms. The summed E-state index contributed by atoms with van der Waals surface area (Å²) < 4.78 is 0. The van der Waals surface area contributed by atoms with Crippen LogP contribution in [-0.2, 0) is 4.79 Å². The molecule has 0 saturated carbocycles. The van der Waals surface area contributed by atoms with Gasteiger partial charge in [-0.05, 0) is 5.92 Å². The Kier molecular flexibility index (Phi) is 5.17. The van der Waals surface area contributed by atoms with E-state index in [9.17, 15) is 4.79 Å². The first-order valence-corrected chi connectivity index (χ1v) is 6.70. The lowest BCUT2D eigenvalue weighted by Crippen LogP contribution is -2.32. The zero-order valence-corrected chi connectivity index (χ0v) is 11.7. The van der Waals surface area contributed by atoms with E-state index in [1.165, 1.54) is 11.3 Å². The quantitative estimate of drug-likeness (QED) is 0.803. The molecule has 0 amide bonds. The van der Waals surface area contributed by atoms with Gasteiger partial charge < -0.3 is 10.0 Å². The van der Waals surface area contributed by atoms with Crippen LogP contribution < -0.4 is 4.90 Å². The number of terminal acetylenes is 1. The maximum Gasteiger partial charge on any atom is 0.308 e. The molecule has 0 aliphatic rings. The molecule has 18 heavy (non-hydrogen) atoms. The second-order valence-electron chi connectivity index (χ2n) is 4.53. The van der Waals surface area contributed by atoms with Gasteiger partial charge in [0.1, 0.15) is 0 Å². The number of aliphatic carboxylic acids is 1. The summed E-state index contributed by atoms with van der Waals surface area (Å²) in [5.74, 6) is 1.62. The van der Waals surface area contributed by atoms with E-state index in [1.807, 2.05) is 10.3 Å². The van der Waals surface area contributed by atoms with Crippen LogP contribution in [0.5, 0.6) is 0 Å². The minimum atomic E-state index is -0.822. The third-order valence-electron chi connectivity index (χ3n) is 2.57. The highest BCUT2D eigenvalue weighted by Gasteiger charge is 2.18. The van der Waals surface area contributed by atoms with Gasteiger partial charge in [-0.3, -0.25) is 4.79 Å². The van der Waals surface area contributed by atoms with Crippen molar-refractivity contribution in [3.05, 3.63) is 11.1 Å². The predicted octanol–water partition coefficient (Wildman–Crippen LogP) is 2.43. The van der Waals surface area contributed by atoms with Gasteiger partial charge in [-0.2, -0.15) is 0 Å². The summed E-state index contributed by atoms with van der Waals surface area (Å²) in [6.07, 6.45) is 5.32. The summed E-state index contributed by atoms with van der Waals surface area (Å²) in [7, 11) is 0. The number of thiazole rings is 1. The Morgan fingerprint density at radius 3 is 2.72 bits per heavy atom. The molecule has 1 N–H and O–H groups in total. The Morgan fingerprint density at radius 1 is 1.61 bits per heavy atom. The molecular weight excluding hydrogens is 248 g/mol. The maximum atomic E-state index is 10.9. The summed E-state index contributed by atoms with van der Waals surface area (Å²) in [5.41, 5.74) is 1.01. The van der Waals surface area contributed by atoms with Crippen molar-refractivity contribution >= 4 is 22.4 Å². The minimum absolute atomic E-state index is 0.361. The van der Waals surface area contributed by atoms with Crippen LogP contribution in [0.15, 0.2) is 5.38 Å². The van der Waals surface area contributed by atoms with E-state index in [0.29, 0.717) is 19.0 Å². The van der Waals surface area contributed by atoms with E-state index in [0.717, 1.165) is 10.8 Å². The second-order valence-corrected chi connectivity index (χ2v) is 5.37. The van der Waals surface area contributed by atoms with Gasteiger partial charge >= 0.3 is 5.97 Å². The molecule has 0 radical (unpaired) electrons. The number of hydrogen-bond acceptors (Lipinski definition) is 4. The molecule has 1 atom stereocenters. The lowest BCUT2D eigenvalue weighted by atomic mass is 10.1. The van der Waals surface area contributed by atoms with Crippen LogP contribution in [0, 0.1) is 18.3 Å². The Morgan fingerprint density at radius 2 is 2.28 bits per heavy atom. The van der Waals surface area contributed by atoms with Gasteiger partial charge in [-0.1, -0.05) is 26.7 Å². The fourth-order valence-electron chi connectivity index (χ4n) is 1.42. The number of hydrogen-bond donors (Lipinski definition) is 1. The molecule has 0 aliphatic carbocycles. The van der Waals surface area contributed by atoms with Crippen LogP contribution in [0.1, 0.15) is 32.4 Å². The average molecular weight is 266 g/mol. The number of carboxylic acids is 1. The van der Waals surface area contributed by atoms with Crippen molar-refractivity contribution in [3.8, 4) is 12.3 Å². The summed E-state index contributed by atoms with van der Waals surface area (Å²) in [4.78, 5) is 17.2. The highest BCUT2D eigenvalue weighted by molar-refractivity contribution is 7.13. The fourth-order valence-corrected chi connectivity index (χ4v) is 2.41. The lowest BCUT2D eigenvalue weighted by Gasteiger charge is -2.21. The van der Waals surface area contributed by atoms with Gasteiger partial charge in [-0.15, -0.1) is 17.8 Å². The van der Waals surface area contributed by atoms with E-state index in [1.54, 1.807) is 6.92 Å². The van der Waals surface area contributed by atoms with Crippen LogP contribution >= 0.6 is 11.3 Å². The molecule has 0 spiro atoms. The molecule has 0 aliphatic heterocycles. The molecule has 0 saturated heterocycles. The zero-order valence-electron chi connectivity index (χ0n) is 10.9. The molecule has 0 aromatic carbocycles. The highest BCUT2D eigenvalue weighted by atomic mass is 32.1. The summed E-state index contributed by atoms with van der Waals surface area (Å²) in [6.45, 7) is 6.57. The van der Waals surface area contributed by atoms with Crippen LogP contribution in [0.3, 0.4) is 0 Å². The van der Waals surface area contributed by atoms with Gasteiger partial charge in [0, 0.05) is 11.9 Å². The van der Waals surface area contributed by atoms with Crippen molar-refractivity contribution in [2.75, 3.05) is 18.0 Å². The lowest BCUT2D eigenvalue weighted by molar-refractivity contribution is -0.140. The Balaban J connectivity index is 2.83. The van der Waals surface area contributed by atoms with E-state index >= 15 is 0 Å². The minimum Gasteiger partial charge on any atom is -0.481 e. The van der Waals surface area contributed by atoms with E-state index in [4.69, 9.17) is 11.5 Å². The van der Waals surface area contributed by atoms with Gasteiger partial charge in [0.15, 0.2) is 5.13 Å². The Labute approximate surface area is 112 Å². The molecule has 0 fully saturated rings. The first kappa shape index (κ1) is 14.5. The molecular formula is C13H18N2O2S. The molecule has 1 heterocycles. The first-order chi connectivity index (χ1) is 8.45.